The molecule has 0 aliphatic carbocycles. The first-order valence-electron chi connectivity index (χ1n) is 7.44. The van der Waals surface area contributed by atoms with Crippen molar-refractivity contribution in [2.75, 3.05) is 0 Å². The molecule has 1 aromatic heterocycles. The lowest BCUT2D eigenvalue weighted by Gasteiger charge is -2.19. The molecule has 0 spiro atoms. The van der Waals surface area contributed by atoms with Crippen LogP contribution in [0, 0.1) is 0 Å². The van der Waals surface area contributed by atoms with Crippen LogP contribution in [0.1, 0.15) is 24.2 Å². The molecule has 3 aromatic rings. The molecule has 1 heterocycles. The average Bonchev–Trinajstić information content (AvgIpc) is 3.11. The number of hydrogen-bond acceptors (Lipinski definition) is 2. The first kappa shape index (κ1) is 16.6. The minimum absolute atomic E-state index is 0.141. The zero-order valence-corrected chi connectivity index (χ0v) is 14.6. The van der Waals surface area contributed by atoms with Gasteiger partial charge in [-0.1, -0.05) is 41.9 Å². The zero-order chi connectivity index (χ0) is 17.1. The minimum Gasteiger partial charge on any atom is -0.485 e. The highest BCUT2D eigenvalue weighted by atomic mass is 35.5. The lowest BCUT2D eigenvalue weighted by Crippen LogP contribution is -2.06. The molecule has 1 atom stereocenters. The van der Waals surface area contributed by atoms with Crippen LogP contribution in [0.5, 0.6) is 5.75 Å². The number of ether oxygens (including phenoxy) is 1. The predicted molar refractivity (Wildman–Crippen MR) is 98.6 cm³/mol. The number of nitrogens with zero attached hydrogens (tertiary/aromatic N) is 2. The summed E-state index contributed by atoms with van der Waals surface area (Å²) in [5, 5.41) is 1.32. The molecular weight excluding hydrogens is 343 g/mol. The van der Waals surface area contributed by atoms with E-state index in [2.05, 4.69) is 11.6 Å². The number of imidazole rings is 1. The SMILES string of the molecule is C=C(c1cc(Cl)ccc1OC(C)c1ccc(Cl)cc1)n1ccnc1. The van der Waals surface area contributed by atoms with Crippen LogP contribution in [0.25, 0.3) is 5.70 Å². The van der Waals surface area contributed by atoms with Crippen LogP contribution < -0.4 is 4.74 Å². The standard InChI is InChI=1S/C19H16Cl2N2O/c1-13(23-10-9-22-12-23)18-11-17(21)7-8-19(18)24-14(2)15-3-5-16(20)6-4-15/h3-12,14H,1H2,2H3. The molecule has 0 aliphatic heterocycles. The molecule has 3 rings (SSSR count). The molecule has 24 heavy (non-hydrogen) atoms. The van der Waals surface area contributed by atoms with E-state index >= 15 is 0 Å². The van der Waals surface area contributed by atoms with Gasteiger partial charge in [-0.2, -0.15) is 0 Å². The van der Waals surface area contributed by atoms with Crippen molar-refractivity contribution in [3.05, 3.63) is 88.9 Å². The first-order chi connectivity index (χ1) is 11.5. The van der Waals surface area contributed by atoms with Gasteiger partial charge in [0.15, 0.2) is 0 Å². The molecule has 0 bridgehead atoms. The highest BCUT2D eigenvalue weighted by molar-refractivity contribution is 6.31. The van der Waals surface area contributed by atoms with E-state index in [0.717, 1.165) is 16.8 Å². The maximum Gasteiger partial charge on any atom is 0.129 e. The highest BCUT2D eigenvalue weighted by Gasteiger charge is 2.14. The average molecular weight is 359 g/mol. The summed E-state index contributed by atoms with van der Waals surface area (Å²) in [5.41, 5.74) is 2.60. The molecule has 0 aliphatic rings. The molecule has 3 nitrogen and oxygen atoms in total. The molecule has 0 saturated carbocycles. The van der Waals surface area contributed by atoms with Crippen molar-refractivity contribution >= 4 is 28.9 Å². The second kappa shape index (κ2) is 7.12. The topological polar surface area (TPSA) is 27.1 Å². The third-order valence-corrected chi connectivity index (χ3v) is 4.20. The van der Waals surface area contributed by atoms with Crippen molar-refractivity contribution in [1.82, 2.24) is 9.55 Å². The maximum absolute atomic E-state index is 6.16. The summed E-state index contributed by atoms with van der Waals surface area (Å²) in [6, 6.07) is 13.1. The molecule has 122 valence electrons. The van der Waals surface area contributed by atoms with Gasteiger partial charge in [0.25, 0.3) is 0 Å². The molecule has 0 saturated heterocycles. The third kappa shape index (κ3) is 3.64. The van der Waals surface area contributed by atoms with Gasteiger partial charge in [-0.25, -0.2) is 4.98 Å². The lowest BCUT2D eigenvalue weighted by molar-refractivity contribution is 0.226. The molecule has 0 N–H and O–H groups in total. The van der Waals surface area contributed by atoms with E-state index in [0.29, 0.717) is 15.8 Å². The Kier molecular flexibility index (Phi) is 4.93. The van der Waals surface area contributed by atoms with Gasteiger partial charge in [0.1, 0.15) is 11.9 Å². The predicted octanol–water partition coefficient (Wildman–Crippen LogP) is 5.85. The molecule has 0 amide bonds. The number of halogens is 2. The Morgan fingerprint density at radius 1 is 1.12 bits per heavy atom. The number of rotatable bonds is 5. The van der Waals surface area contributed by atoms with E-state index < -0.39 is 0 Å². The largest absolute Gasteiger partial charge is 0.485 e. The summed E-state index contributed by atoms with van der Waals surface area (Å²) in [5.74, 6) is 0.709. The zero-order valence-electron chi connectivity index (χ0n) is 13.1. The fourth-order valence-electron chi connectivity index (χ4n) is 2.38. The fourth-order valence-corrected chi connectivity index (χ4v) is 2.68. The van der Waals surface area contributed by atoms with Gasteiger partial charge in [0.05, 0.1) is 12.0 Å². The molecular formula is C19H16Cl2N2O. The first-order valence-corrected chi connectivity index (χ1v) is 8.19. The Balaban J connectivity index is 1.90. The summed E-state index contributed by atoms with van der Waals surface area (Å²) in [6.45, 7) is 6.12. The van der Waals surface area contributed by atoms with E-state index in [-0.39, 0.29) is 6.10 Å². The van der Waals surface area contributed by atoms with Gasteiger partial charge in [-0.3, -0.25) is 0 Å². The smallest absolute Gasteiger partial charge is 0.129 e. The second-order valence-corrected chi connectivity index (χ2v) is 6.24. The van der Waals surface area contributed by atoms with Crippen molar-refractivity contribution in [2.24, 2.45) is 0 Å². The van der Waals surface area contributed by atoms with Crippen LogP contribution in [-0.4, -0.2) is 9.55 Å². The second-order valence-electron chi connectivity index (χ2n) is 5.37. The van der Waals surface area contributed by atoms with E-state index in [4.69, 9.17) is 27.9 Å². The van der Waals surface area contributed by atoms with Crippen LogP contribution in [0.3, 0.4) is 0 Å². The quantitative estimate of drug-likeness (QED) is 0.571. The molecule has 0 radical (unpaired) electrons. The van der Waals surface area contributed by atoms with Gasteiger partial charge in [0, 0.05) is 28.0 Å². The van der Waals surface area contributed by atoms with E-state index in [1.54, 1.807) is 18.6 Å². The van der Waals surface area contributed by atoms with Crippen LogP contribution in [-0.2, 0) is 0 Å². The van der Waals surface area contributed by atoms with Gasteiger partial charge in [-0.05, 0) is 42.8 Å². The highest BCUT2D eigenvalue weighted by Crippen LogP contribution is 2.32. The van der Waals surface area contributed by atoms with Crippen LogP contribution in [0.4, 0.5) is 0 Å². The molecule has 2 aromatic carbocycles. The Bertz CT molecular complexity index is 842. The maximum atomic E-state index is 6.16. The fraction of sp³-hybridized carbons (Fsp3) is 0.105. The van der Waals surface area contributed by atoms with Gasteiger partial charge >= 0.3 is 0 Å². The summed E-state index contributed by atoms with van der Waals surface area (Å²) >= 11 is 12.1. The van der Waals surface area contributed by atoms with Crippen LogP contribution >= 0.6 is 23.2 Å². The molecule has 0 fully saturated rings. The summed E-state index contributed by atoms with van der Waals surface area (Å²) in [7, 11) is 0. The van der Waals surface area contributed by atoms with Crippen molar-refractivity contribution in [3.8, 4) is 5.75 Å². The van der Waals surface area contributed by atoms with Crippen molar-refractivity contribution in [3.63, 3.8) is 0 Å². The monoisotopic (exact) mass is 358 g/mol. The Morgan fingerprint density at radius 3 is 2.50 bits per heavy atom. The molecule has 1 unspecified atom stereocenters. The normalized spacial score (nSPS) is 12.0. The van der Waals surface area contributed by atoms with Gasteiger partial charge < -0.3 is 9.30 Å². The van der Waals surface area contributed by atoms with Gasteiger partial charge in [0.2, 0.25) is 0 Å². The molecule has 5 heteroatoms. The Labute approximate surface area is 151 Å². The minimum atomic E-state index is -0.141. The Hall–Kier alpha value is -2.23. The number of hydrogen-bond donors (Lipinski definition) is 0. The summed E-state index contributed by atoms with van der Waals surface area (Å²) in [4.78, 5) is 4.05. The van der Waals surface area contributed by atoms with Crippen molar-refractivity contribution in [1.29, 1.82) is 0 Å². The third-order valence-electron chi connectivity index (χ3n) is 3.71. The van der Waals surface area contributed by atoms with E-state index in [9.17, 15) is 0 Å². The summed E-state index contributed by atoms with van der Waals surface area (Å²) < 4.78 is 7.97. The van der Waals surface area contributed by atoms with E-state index in [1.165, 1.54) is 0 Å². The van der Waals surface area contributed by atoms with Crippen molar-refractivity contribution in [2.45, 2.75) is 13.0 Å². The Morgan fingerprint density at radius 2 is 1.83 bits per heavy atom. The van der Waals surface area contributed by atoms with Crippen LogP contribution in [0.2, 0.25) is 10.0 Å². The number of aromatic nitrogens is 2. The van der Waals surface area contributed by atoms with E-state index in [1.807, 2.05) is 54.1 Å². The number of benzene rings is 2. The van der Waals surface area contributed by atoms with Gasteiger partial charge in [-0.15, -0.1) is 0 Å². The van der Waals surface area contributed by atoms with Crippen LogP contribution in [0.15, 0.2) is 67.8 Å². The van der Waals surface area contributed by atoms with Crippen molar-refractivity contribution < 1.29 is 4.74 Å². The summed E-state index contributed by atoms with van der Waals surface area (Å²) in [6.07, 6.45) is 5.08. The lowest BCUT2D eigenvalue weighted by atomic mass is 10.1.